The molecule has 8 rings (SSSR count). The highest BCUT2D eigenvalue weighted by molar-refractivity contribution is 7.17. The van der Waals surface area contributed by atoms with Crippen molar-refractivity contribution in [1.29, 1.82) is 0 Å². The van der Waals surface area contributed by atoms with Gasteiger partial charge >= 0.3 is 0 Å². The third-order valence-corrected chi connectivity index (χ3v) is 8.21. The maximum atomic E-state index is 4.95. The monoisotopic (exact) mass is 530 g/mol. The summed E-state index contributed by atoms with van der Waals surface area (Å²) >= 11 is 1.78. The van der Waals surface area contributed by atoms with E-state index in [0.717, 1.165) is 22.4 Å². The van der Waals surface area contributed by atoms with E-state index < -0.39 is 0 Å². The predicted molar refractivity (Wildman–Crippen MR) is 166 cm³/mol. The van der Waals surface area contributed by atoms with Crippen LogP contribution in [0.15, 0.2) is 133 Å². The van der Waals surface area contributed by atoms with E-state index in [2.05, 4.69) is 76.7 Å². The second kappa shape index (κ2) is 9.26. The SMILES string of the molecule is c1ccc(-c2nc(-c3ccccc3)nc(-c3cccc(-n4c5ccccc5c5c6ccsc6ccc54)c3)n2)cc1. The van der Waals surface area contributed by atoms with Crippen molar-refractivity contribution in [2.24, 2.45) is 0 Å². The molecule has 5 heteroatoms. The van der Waals surface area contributed by atoms with E-state index >= 15 is 0 Å². The van der Waals surface area contributed by atoms with E-state index in [1.807, 2.05) is 60.7 Å². The van der Waals surface area contributed by atoms with Crippen molar-refractivity contribution in [1.82, 2.24) is 19.5 Å². The van der Waals surface area contributed by atoms with Crippen LogP contribution in [0.2, 0.25) is 0 Å². The summed E-state index contributed by atoms with van der Waals surface area (Å²) in [5.41, 5.74) is 6.30. The maximum absolute atomic E-state index is 4.95. The van der Waals surface area contributed by atoms with Crippen LogP contribution >= 0.6 is 11.3 Å². The van der Waals surface area contributed by atoms with Gasteiger partial charge in [0.1, 0.15) is 0 Å². The molecule has 5 aromatic carbocycles. The minimum absolute atomic E-state index is 0.649. The van der Waals surface area contributed by atoms with Crippen LogP contribution in [0.25, 0.3) is 71.7 Å². The molecule has 3 aromatic heterocycles. The molecule has 0 spiro atoms. The molecule has 40 heavy (non-hydrogen) atoms. The number of nitrogens with zero attached hydrogens (tertiary/aromatic N) is 4. The summed E-state index contributed by atoms with van der Waals surface area (Å²) in [6.07, 6.45) is 0. The molecule has 0 N–H and O–H groups in total. The molecule has 3 heterocycles. The Morgan fingerprint density at radius 2 is 1.10 bits per heavy atom. The zero-order valence-corrected chi connectivity index (χ0v) is 22.2. The normalized spacial score (nSPS) is 11.5. The first kappa shape index (κ1) is 22.8. The van der Waals surface area contributed by atoms with Crippen LogP contribution in [-0.4, -0.2) is 19.5 Å². The van der Waals surface area contributed by atoms with Crippen molar-refractivity contribution in [3.05, 3.63) is 133 Å². The lowest BCUT2D eigenvalue weighted by Crippen LogP contribution is -2.01. The van der Waals surface area contributed by atoms with E-state index in [1.54, 1.807) is 11.3 Å². The van der Waals surface area contributed by atoms with Crippen LogP contribution < -0.4 is 0 Å². The molecule has 0 aliphatic heterocycles. The quantitative estimate of drug-likeness (QED) is 0.228. The predicted octanol–water partition coefficient (Wildman–Crippen LogP) is 9.18. The van der Waals surface area contributed by atoms with Crippen LogP contribution in [0.5, 0.6) is 0 Å². The molecular weight excluding hydrogens is 508 g/mol. The van der Waals surface area contributed by atoms with E-state index in [0.29, 0.717) is 17.5 Å². The van der Waals surface area contributed by atoms with Gasteiger partial charge in [0, 0.05) is 43.2 Å². The Morgan fingerprint density at radius 3 is 1.82 bits per heavy atom. The number of fused-ring (bicyclic) bond motifs is 5. The highest BCUT2D eigenvalue weighted by Crippen LogP contribution is 2.38. The maximum Gasteiger partial charge on any atom is 0.164 e. The molecule has 0 fully saturated rings. The Morgan fingerprint density at radius 1 is 0.475 bits per heavy atom. The van der Waals surface area contributed by atoms with Crippen LogP contribution in [-0.2, 0) is 0 Å². The second-order valence-corrected chi connectivity index (χ2v) is 10.7. The van der Waals surface area contributed by atoms with Crippen LogP contribution in [0.4, 0.5) is 0 Å². The van der Waals surface area contributed by atoms with Gasteiger partial charge in [0.25, 0.3) is 0 Å². The largest absolute Gasteiger partial charge is 0.309 e. The average molecular weight is 531 g/mol. The summed E-state index contributed by atoms with van der Waals surface area (Å²) < 4.78 is 3.65. The first-order valence-corrected chi connectivity index (χ1v) is 14.1. The molecule has 0 saturated carbocycles. The number of rotatable bonds is 4. The zero-order valence-electron chi connectivity index (χ0n) is 21.4. The molecular formula is C35H22N4S. The molecule has 188 valence electrons. The zero-order chi connectivity index (χ0) is 26.5. The number of benzene rings is 5. The summed E-state index contributed by atoms with van der Waals surface area (Å²) in [6.45, 7) is 0. The van der Waals surface area contributed by atoms with Crippen molar-refractivity contribution >= 4 is 43.2 Å². The molecule has 0 saturated heterocycles. The summed E-state index contributed by atoms with van der Waals surface area (Å²) in [7, 11) is 0. The fourth-order valence-corrected chi connectivity index (χ4v) is 6.31. The third-order valence-electron chi connectivity index (χ3n) is 7.33. The first-order chi connectivity index (χ1) is 19.8. The highest BCUT2D eigenvalue weighted by atomic mass is 32.1. The molecule has 8 aromatic rings. The molecule has 0 radical (unpaired) electrons. The number of para-hydroxylation sites is 1. The van der Waals surface area contributed by atoms with Gasteiger partial charge < -0.3 is 4.57 Å². The summed E-state index contributed by atoms with van der Waals surface area (Å²) in [6, 6.07) is 44.0. The lowest BCUT2D eigenvalue weighted by Gasteiger charge is -2.11. The van der Waals surface area contributed by atoms with Gasteiger partial charge in [-0.3, -0.25) is 0 Å². The van der Waals surface area contributed by atoms with Crippen molar-refractivity contribution in [2.75, 3.05) is 0 Å². The molecule has 4 nitrogen and oxygen atoms in total. The minimum atomic E-state index is 0.649. The van der Waals surface area contributed by atoms with Crippen LogP contribution in [0.3, 0.4) is 0 Å². The Kier molecular flexibility index (Phi) is 5.28. The molecule has 0 atom stereocenters. The van der Waals surface area contributed by atoms with Crippen molar-refractivity contribution in [2.45, 2.75) is 0 Å². The van der Waals surface area contributed by atoms with Gasteiger partial charge in [0.15, 0.2) is 17.5 Å². The van der Waals surface area contributed by atoms with Crippen LogP contribution in [0, 0.1) is 0 Å². The molecule has 0 aliphatic carbocycles. The molecule has 0 unspecified atom stereocenters. The molecule has 0 amide bonds. The van der Waals surface area contributed by atoms with Crippen molar-refractivity contribution in [3.8, 4) is 39.9 Å². The topological polar surface area (TPSA) is 43.6 Å². The standard InChI is InChI=1S/C35H22N4S/c1-3-10-23(11-4-1)33-36-34(24-12-5-2-6-13-24)38-35(37-33)25-14-9-15-26(22-25)39-29-17-8-7-16-27(29)32-28-20-21-40-31(28)19-18-30(32)39/h1-22H. The Labute approximate surface area is 234 Å². The Hall–Kier alpha value is -5.13. The van der Waals surface area contributed by atoms with Gasteiger partial charge in [0.2, 0.25) is 0 Å². The smallest absolute Gasteiger partial charge is 0.164 e. The number of hydrogen-bond acceptors (Lipinski definition) is 4. The van der Waals surface area contributed by atoms with Gasteiger partial charge in [-0.2, -0.15) is 0 Å². The van der Waals surface area contributed by atoms with Gasteiger partial charge in [-0.25, -0.2) is 15.0 Å². The lowest BCUT2D eigenvalue weighted by atomic mass is 10.1. The van der Waals surface area contributed by atoms with Gasteiger partial charge in [-0.1, -0.05) is 91.0 Å². The van der Waals surface area contributed by atoms with Crippen molar-refractivity contribution < 1.29 is 0 Å². The number of hydrogen-bond donors (Lipinski definition) is 0. The Balaban J connectivity index is 1.35. The Bertz CT molecular complexity index is 2100. The van der Waals surface area contributed by atoms with E-state index in [-0.39, 0.29) is 0 Å². The van der Waals surface area contributed by atoms with Crippen LogP contribution in [0.1, 0.15) is 0 Å². The molecule has 0 aliphatic rings. The number of aromatic nitrogens is 4. The lowest BCUT2D eigenvalue weighted by molar-refractivity contribution is 1.07. The fraction of sp³-hybridized carbons (Fsp3) is 0. The number of thiophene rings is 1. The second-order valence-electron chi connectivity index (χ2n) is 9.73. The first-order valence-electron chi connectivity index (χ1n) is 13.2. The van der Waals surface area contributed by atoms with Gasteiger partial charge in [-0.05, 0) is 41.8 Å². The van der Waals surface area contributed by atoms with E-state index in [1.165, 1.54) is 31.9 Å². The van der Waals surface area contributed by atoms with Crippen molar-refractivity contribution in [3.63, 3.8) is 0 Å². The highest BCUT2D eigenvalue weighted by Gasteiger charge is 2.17. The third kappa shape index (κ3) is 3.71. The van der Waals surface area contributed by atoms with E-state index in [9.17, 15) is 0 Å². The molecule has 0 bridgehead atoms. The van der Waals surface area contributed by atoms with Gasteiger partial charge in [0.05, 0.1) is 11.0 Å². The summed E-state index contributed by atoms with van der Waals surface area (Å²) in [4.78, 5) is 14.8. The average Bonchev–Trinajstić information content (AvgIpc) is 3.64. The fourth-order valence-electron chi connectivity index (χ4n) is 5.51. The van der Waals surface area contributed by atoms with Gasteiger partial charge in [-0.15, -0.1) is 11.3 Å². The minimum Gasteiger partial charge on any atom is -0.309 e. The summed E-state index contributed by atoms with van der Waals surface area (Å²) in [5, 5.41) is 6.01. The summed E-state index contributed by atoms with van der Waals surface area (Å²) in [5.74, 6) is 1.97. The van der Waals surface area contributed by atoms with E-state index in [4.69, 9.17) is 15.0 Å².